The predicted octanol–water partition coefficient (Wildman–Crippen LogP) is 3.34. The fraction of sp³-hybridized carbons (Fsp3) is 0.368. The molecule has 1 fully saturated rings. The molecular weight excluding hydrogens is 382 g/mol. The van der Waals surface area contributed by atoms with Gasteiger partial charge in [-0.3, -0.25) is 4.79 Å². The molecule has 0 radical (unpaired) electrons. The first-order chi connectivity index (χ1) is 12.8. The van der Waals surface area contributed by atoms with Crippen molar-refractivity contribution in [3.63, 3.8) is 0 Å². The van der Waals surface area contributed by atoms with Gasteiger partial charge in [0.25, 0.3) is 0 Å². The number of nitrogens with one attached hydrogen (secondary N) is 1. The van der Waals surface area contributed by atoms with Crippen molar-refractivity contribution in [3.05, 3.63) is 45.8 Å². The van der Waals surface area contributed by atoms with E-state index in [1.165, 1.54) is 15.6 Å². The summed E-state index contributed by atoms with van der Waals surface area (Å²) in [6.07, 6.45) is 1.08. The van der Waals surface area contributed by atoms with Gasteiger partial charge in [-0.2, -0.15) is 9.57 Å². The maximum absolute atomic E-state index is 13.0. The van der Waals surface area contributed by atoms with E-state index >= 15 is 0 Å². The number of thiophene rings is 1. The number of hydrogen-bond donors (Lipinski definition) is 1. The lowest BCUT2D eigenvalue weighted by Gasteiger charge is -2.23. The van der Waals surface area contributed by atoms with Crippen molar-refractivity contribution in [2.24, 2.45) is 0 Å². The Labute approximate surface area is 163 Å². The lowest BCUT2D eigenvalue weighted by atomic mass is 10.2. The van der Waals surface area contributed by atoms with Crippen LogP contribution >= 0.6 is 11.3 Å². The molecule has 0 spiro atoms. The molecule has 1 unspecified atom stereocenters. The number of hydrogen-bond acceptors (Lipinski definition) is 5. The topological polar surface area (TPSA) is 90.3 Å². The van der Waals surface area contributed by atoms with Gasteiger partial charge in [-0.25, -0.2) is 8.42 Å². The van der Waals surface area contributed by atoms with Crippen molar-refractivity contribution in [1.29, 1.82) is 5.26 Å². The van der Waals surface area contributed by atoms with Crippen LogP contribution in [0.3, 0.4) is 0 Å². The summed E-state index contributed by atoms with van der Waals surface area (Å²) in [5.74, 6) is -0.388. The zero-order valence-corrected chi connectivity index (χ0v) is 17.1. The van der Waals surface area contributed by atoms with Crippen LogP contribution in [0.4, 0.5) is 5.00 Å². The van der Waals surface area contributed by atoms with E-state index in [1.54, 1.807) is 24.3 Å². The van der Waals surface area contributed by atoms with Gasteiger partial charge in [0.15, 0.2) is 0 Å². The summed E-state index contributed by atoms with van der Waals surface area (Å²) in [6.45, 7) is 5.92. The quantitative estimate of drug-likeness (QED) is 0.848. The molecule has 3 rings (SSSR count). The van der Waals surface area contributed by atoms with E-state index < -0.39 is 16.1 Å². The number of sulfonamides is 1. The lowest BCUT2D eigenvalue weighted by molar-refractivity contribution is -0.119. The van der Waals surface area contributed by atoms with Gasteiger partial charge in [0.05, 0.1) is 10.5 Å². The average molecular weight is 404 g/mol. The maximum Gasteiger partial charge on any atom is 0.243 e. The second kappa shape index (κ2) is 7.43. The highest BCUT2D eigenvalue weighted by Gasteiger charge is 2.39. The smallest absolute Gasteiger partial charge is 0.243 e. The van der Waals surface area contributed by atoms with Gasteiger partial charge in [-0.05, 0) is 51.3 Å². The highest BCUT2D eigenvalue weighted by Crippen LogP contribution is 2.33. The third-order valence-corrected chi connectivity index (χ3v) is 7.91. The number of nitrogens with zero attached hydrogens (tertiary/aromatic N) is 2. The van der Waals surface area contributed by atoms with Crippen LogP contribution in [-0.2, 0) is 14.8 Å². The molecule has 1 saturated heterocycles. The van der Waals surface area contributed by atoms with Crippen molar-refractivity contribution >= 4 is 32.3 Å². The Hall–Kier alpha value is -2.21. The highest BCUT2D eigenvalue weighted by atomic mass is 32.2. The van der Waals surface area contributed by atoms with Crippen molar-refractivity contribution in [2.45, 2.75) is 44.6 Å². The van der Waals surface area contributed by atoms with Crippen LogP contribution in [0.1, 0.15) is 34.4 Å². The van der Waals surface area contributed by atoms with E-state index in [0.717, 1.165) is 16.0 Å². The normalized spacial score (nSPS) is 17.6. The van der Waals surface area contributed by atoms with E-state index in [2.05, 4.69) is 11.4 Å². The van der Waals surface area contributed by atoms with Gasteiger partial charge in [0.1, 0.15) is 17.1 Å². The molecule has 142 valence electrons. The van der Waals surface area contributed by atoms with Crippen LogP contribution in [0.15, 0.2) is 29.2 Å². The van der Waals surface area contributed by atoms with Crippen LogP contribution in [-0.4, -0.2) is 31.2 Å². The number of anilines is 1. The largest absolute Gasteiger partial charge is 0.315 e. The van der Waals surface area contributed by atoms with Crippen LogP contribution < -0.4 is 5.32 Å². The highest BCUT2D eigenvalue weighted by molar-refractivity contribution is 7.89. The van der Waals surface area contributed by atoms with E-state index in [1.807, 2.05) is 20.8 Å². The van der Waals surface area contributed by atoms with Gasteiger partial charge in [0, 0.05) is 11.4 Å². The van der Waals surface area contributed by atoms with Gasteiger partial charge in [-0.1, -0.05) is 17.7 Å². The standard InChI is InChI=1S/C19H21N3O3S2/c1-12-6-8-15(9-7-12)27(24,25)22-10-4-5-17(22)18(23)21-19-16(11-20)13(2)14(3)26-19/h6-9,17H,4-5,10H2,1-3H3,(H,21,23). The first kappa shape index (κ1) is 19.5. The molecule has 1 amide bonds. The average Bonchev–Trinajstić information content (AvgIpc) is 3.21. The zero-order chi connectivity index (χ0) is 19.8. The van der Waals surface area contributed by atoms with Crippen LogP contribution in [0.2, 0.25) is 0 Å². The molecule has 27 heavy (non-hydrogen) atoms. The Bertz CT molecular complexity index is 1020. The Morgan fingerprint density at radius 3 is 2.56 bits per heavy atom. The van der Waals surface area contributed by atoms with E-state index in [4.69, 9.17) is 0 Å². The molecule has 0 bridgehead atoms. The monoisotopic (exact) mass is 403 g/mol. The summed E-state index contributed by atoms with van der Waals surface area (Å²) >= 11 is 1.34. The summed E-state index contributed by atoms with van der Waals surface area (Å²) in [6, 6.07) is 7.97. The number of carbonyl (C=O) groups is 1. The van der Waals surface area contributed by atoms with Crippen LogP contribution in [0.25, 0.3) is 0 Å². The molecule has 1 aromatic heterocycles. The SMILES string of the molecule is Cc1ccc(S(=O)(=O)N2CCCC2C(=O)Nc2sc(C)c(C)c2C#N)cc1. The first-order valence-corrected chi connectivity index (χ1v) is 10.9. The summed E-state index contributed by atoms with van der Waals surface area (Å²) < 4.78 is 27.3. The molecule has 2 aromatic rings. The minimum atomic E-state index is -3.75. The number of amides is 1. The van der Waals surface area contributed by atoms with Crippen molar-refractivity contribution in [2.75, 3.05) is 11.9 Å². The van der Waals surface area contributed by atoms with Gasteiger partial charge in [0.2, 0.25) is 15.9 Å². The molecule has 8 heteroatoms. The number of aryl methyl sites for hydroxylation is 2. The summed E-state index contributed by atoms with van der Waals surface area (Å²) in [5.41, 5.74) is 2.25. The predicted molar refractivity (Wildman–Crippen MR) is 105 cm³/mol. The number of rotatable bonds is 4. The van der Waals surface area contributed by atoms with Crippen molar-refractivity contribution in [3.8, 4) is 6.07 Å². The second-order valence-corrected chi connectivity index (χ2v) is 9.79. The number of nitriles is 1. The summed E-state index contributed by atoms with van der Waals surface area (Å²) in [4.78, 5) is 14.0. The molecule has 0 aliphatic carbocycles. The fourth-order valence-electron chi connectivity index (χ4n) is 3.18. The summed E-state index contributed by atoms with van der Waals surface area (Å²) in [7, 11) is -3.75. The summed E-state index contributed by atoms with van der Waals surface area (Å²) in [5, 5.41) is 12.6. The Kier molecular flexibility index (Phi) is 5.38. The van der Waals surface area contributed by atoms with Gasteiger partial charge in [-0.15, -0.1) is 11.3 Å². The Morgan fingerprint density at radius 1 is 1.26 bits per heavy atom. The third-order valence-electron chi connectivity index (χ3n) is 4.87. The van der Waals surface area contributed by atoms with Crippen molar-refractivity contribution < 1.29 is 13.2 Å². The molecule has 0 saturated carbocycles. The number of carbonyl (C=O) groups excluding carboxylic acids is 1. The Morgan fingerprint density at radius 2 is 1.93 bits per heavy atom. The van der Waals surface area contributed by atoms with E-state index in [9.17, 15) is 18.5 Å². The molecule has 2 heterocycles. The third kappa shape index (κ3) is 3.63. The van der Waals surface area contributed by atoms with Crippen LogP contribution in [0, 0.1) is 32.1 Å². The molecule has 1 aromatic carbocycles. The minimum Gasteiger partial charge on any atom is -0.315 e. The molecule has 1 aliphatic rings. The lowest BCUT2D eigenvalue weighted by Crippen LogP contribution is -2.43. The van der Waals surface area contributed by atoms with E-state index in [-0.39, 0.29) is 10.8 Å². The van der Waals surface area contributed by atoms with Crippen LogP contribution in [0.5, 0.6) is 0 Å². The Balaban J connectivity index is 1.86. The van der Waals surface area contributed by atoms with Gasteiger partial charge >= 0.3 is 0 Å². The van der Waals surface area contributed by atoms with Gasteiger partial charge < -0.3 is 5.32 Å². The van der Waals surface area contributed by atoms with Crippen molar-refractivity contribution in [1.82, 2.24) is 4.31 Å². The molecule has 1 N–H and O–H groups in total. The molecule has 6 nitrogen and oxygen atoms in total. The number of benzene rings is 1. The van der Waals surface area contributed by atoms with E-state index in [0.29, 0.717) is 30.0 Å². The first-order valence-electron chi connectivity index (χ1n) is 8.65. The molecule has 1 aliphatic heterocycles. The zero-order valence-electron chi connectivity index (χ0n) is 15.4. The fourth-order valence-corrected chi connectivity index (χ4v) is 5.85. The minimum absolute atomic E-state index is 0.188. The molecule has 1 atom stereocenters. The second-order valence-electron chi connectivity index (χ2n) is 6.68. The maximum atomic E-state index is 13.0. The molecular formula is C19H21N3O3S2.